The fourth-order valence-electron chi connectivity index (χ4n) is 4.19. The maximum Gasteiger partial charge on any atom is 0.0246 e. The molecule has 0 radical (unpaired) electrons. The molecule has 0 amide bonds. The van der Waals surface area contributed by atoms with Gasteiger partial charge in [0.2, 0.25) is 0 Å². The van der Waals surface area contributed by atoms with Crippen LogP contribution < -0.4 is 5.73 Å². The minimum atomic E-state index is 0.608. The minimum Gasteiger partial charge on any atom is -0.329 e. The Balaban J connectivity index is 1.92. The molecule has 3 unspecified atom stereocenters. The van der Waals surface area contributed by atoms with Crippen LogP contribution in [0, 0.1) is 11.8 Å². The van der Waals surface area contributed by atoms with E-state index in [1.165, 1.54) is 51.6 Å². The van der Waals surface area contributed by atoms with E-state index in [9.17, 15) is 0 Å². The Kier molecular flexibility index (Phi) is 5.67. The maximum absolute atomic E-state index is 6.13. The summed E-state index contributed by atoms with van der Waals surface area (Å²) in [6.45, 7) is 5.73. The highest BCUT2D eigenvalue weighted by molar-refractivity contribution is 4.87. The molecular weight excluding hydrogens is 234 g/mol. The van der Waals surface area contributed by atoms with E-state index in [1.807, 2.05) is 0 Å². The molecule has 2 N–H and O–H groups in total. The number of likely N-dealkylation sites (tertiary alicyclic amines) is 1. The van der Waals surface area contributed by atoms with Crippen molar-refractivity contribution in [1.29, 1.82) is 0 Å². The highest BCUT2D eigenvalue weighted by Crippen LogP contribution is 2.33. The largest absolute Gasteiger partial charge is 0.329 e. The zero-order valence-electron chi connectivity index (χ0n) is 13.1. The van der Waals surface area contributed by atoms with Crippen LogP contribution in [-0.4, -0.2) is 55.6 Å². The summed E-state index contributed by atoms with van der Waals surface area (Å²) in [5, 5.41) is 0. The van der Waals surface area contributed by atoms with Crippen LogP contribution in [0.5, 0.6) is 0 Å². The van der Waals surface area contributed by atoms with Crippen molar-refractivity contribution in [2.24, 2.45) is 17.6 Å². The smallest absolute Gasteiger partial charge is 0.0246 e. The summed E-state index contributed by atoms with van der Waals surface area (Å²) < 4.78 is 0. The molecule has 1 aliphatic carbocycles. The van der Waals surface area contributed by atoms with Crippen molar-refractivity contribution in [3.63, 3.8) is 0 Å². The molecule has 0 bridgehead atoms. The van der Waals surface area contributed by atoms with Gasteiger partial charge >= 0.3 is 0 Å². The van der Waals surface area contributed by atoms with Crippen molar-refractivity contribution in [1.82, 2.24) is 9.80 Å². The van der Waals surface area contributed by atoms with Crippen molar-refractivity contribution < 1.29 is 0 Å². The maximum atomic E-state index is 6.13. The lowest BCUT2D eigenvalue weighted by Gasteiger charge is -2.43. The molecule has 0 aromatic rings. The summed E-state index contributed by atoms with van der Waals surface area (Å²) in [5.41, 5.74) is 6.13. The van der Waals surface area contributed by atoms with E-state index in [0.717, 1.165) is 24.4 Å². The van der Waals surface area contributed by atoms with Crippen molar-refractivity contribution >= 4 is 0 Å². The Morgan fingerprint density at radius 1 is 1.21 bits per heavy atom. The van der Waals surface area contributed by atoms with Crippen molar-refractivity contribution in [3.05, 3.63) is 0 Å². The summed E-state index contributed by atoms with van der Waals surface area (Å²) in [6, 6.07) is 1.36. The summed E-state index contributed by atoms with van der Waals surface area (Å²) >= 11 is 0. The van der Waals surface area contributed by atoms with E-state index in [2.05, 4.69) is 30.8 Å². The van der Waals surface area contributed by atoms with Crippen LogP contribution in [-0.2, 0) is 0 Å². The average Bonchev–Trinajstić information content (AvgIpc) is 2.40. The van der Waals surface area contributed by atoms with E-state index in [4.69, 9.17) is 5.73 Å². The second kappa shape index (κ2) is 7.05. The van der Waals surface area contributed by atoms with Crippen LogP contribution in [0.3, 0.4) is 0 Å². The van der Waals surface area contributed by atoms with Gasteiger partial charge in [-0.3, -0.25) is 4.90 Å². The number of nitrogens with two attached hydrogens (primary N) is 1. The van der Waals surface area contributed by atoms with Gasteiger partial charge in [0.15, 0.2) is 0 Å². The van der Waals surface area contributed by atoms with Crippen LogP contribution in [0.25, 0.3) is 0 Å². The van der Waals surface area contributed by atoms with E-state index in [0.29, 0.717) is 6.04 Å². The summed E-state index contributed by atoms with van der Waals surface area (Å²) in [4.78, 5) is 5.08. The third-order valence-corrected chi connectivity index (χ3v) is 5.55. The van der Waals surface area contributed by atoms with Gasteiger partial charge < -0.3 is 10.6 Å². The van der Waals surface area contributed by atoms with Gasteiger partial charge in [-0.2, -0.15) is 0 Å². The molecule has 2 rings (SSSR count). The van der Waals surface area contributed by atoms with Crippen LogP contribution >= 0.6 is 0 Å². The fraction of sp³-hybridized carbons (Fsp3) is 1.00. The second-order valence-electron chi connectivity index (χ2n) is 7.03. The predicted octanol–water partition coefficient (Wildman–Crippen LogP) is 2.17. The van der Waals surface area contributed by atoms with Gasteiger partial charge in [-0.05, 0) is 64.7 Å². The zero-order chi connectivity index (χ0) is 13.8. The number of likely N-dealkylation sites (N-methyl/N-ethyl adjacent to an activating group) is 1. The van der Waals surface area contributed by atoms with Crippen LogP contribution in [0.2, 0.25) is 0 Å². The Bertz CT molecular complexity index is 261. The van der Waals surface area contributed by atoms with E-state index in [1.54, 1.807) is 0 Å². The van der Waals surface area contributed by atoms with Crippen molar-refractivity contribution in [3.8, 4) is 0 Å². The lowest BCUT2D eigenvalue weighted by molar-refractivity contribution is 0.0627. The molecule has 112 valence electrons. The van der Waals surface area contributed by atoms with E-state index in [-0.39, 0.29) is 0 Å². The van der Waals surface area contributed by atoms with Crippen LogP contribution in [0.4, 0.5) is 0 Å². The molecule has 1 aliphatic heterocycles. The molecule has 19 heavy (non-hydrogen) atoms. The molecule has 1 heterocycles. The monoisotopic (exact) mass is 267 g/mol. The number of piperidine rings is 1. The Labute approximate surface area is 119 Å². The fourth-order valence-corrected chi connectivity index (χ4v) is 4.19. The van der Waals surface area contributed by atoms with Crippen LogP contribution in [0.15, 0.2) is 0 Å². The molecular formula is C16H33N3. The molecule has 1 saturated heterocycles. The van der Waals surface area contributed by atoms with Gasteiger partial charge in [0.05, 0.1) is 0 Å². The number of hydrogen-bond donors (Lipinski definition) is 1. The Morgan fingerprint density at radius 2 is 1.89 bits per heavy atom. The van der Waals surface area contributed by atoms with Crippen molar-refractivity contribution in [2.45, 2.75) is 57.5 Å². The van der Waals surface area contributed by atoms with E-state index >= 15 is 0 Å². The molecule has 0 aromatic carbocycles. The predicted molar refractivity (Wildman–Crippen MR) is 82.2 cm³/mol. The molecule has 1 saturated carbocycles. The topological polar surface area (TPSA) is 32.5 Å². The van der Waals surface area contributed by atoms with Gasteiger partial charge in [0, 0.05) is 18.6 Å². The molecule has 2 fully saturated rings. The second-order valence-corrected chi connectivity index (χ2v) is 7.03. The lowest BCUT2D eigenvalue weighted by atomic mass is 9.77. The van der Waals surface area contributed by atoms with E-state index < -0.39 is 0 Å². The third-order valence-electron chi connectivity index (χ3n) is 5.55. The zero-order valence-corrected chi connectivity index (χ0v) is 13.1. The number of hydrogen-bond acceptors (Lipinski definition) is 3. The summed E-state index contributed by atoms with van der Waals surface area (Å²) in [7, 11) is 4.56. The highest BCUT2D eigenvalue weighted by atomic mass is 15.2. The number of rotatable bonds is 4. The molecule has 2 aliphatic rings. The van der Waals surface area contributed by atoms with Gasteiger partial charge in [-0.1, -0.05) is 19.8 Å². The molecule has 3 heteroatoms. The van der Waals surface area contributed by atoms with Crippen LogP contribution in [0.1, 0.15) is 45.4 Å². The molecule has 3 atom stereocenters. The standard InChI is InChI=1S/C16H33N3/c1-13-5-4-6-14(11-13)16(12-17)19(3)15-7-9-18(2)10-8-15/h13-16H,4-12,17H2,1-3H3. The first-order chi connectivity index (χ1) is 9.11. The first-order valence-electron chi connectivity index (χ1n) is 8.22. The molecule has 0 spiro atoms. The SMILES string of the molecule is CC1CCCC(C(CN)N(C)C2CCN(C)CC2)C1. The first kappa shape index (κ1) is 15.3. The molecule has 3 nitrogen and oxygen atoms in total. The minimum absolute atomic E-state index is 0.608. The van der Waals surface area contributed by atoms with Gasteiger partial charge in [-0.25, -0.2) is 0 Å². The highest BCUT2D eigenvalue weighted by Gasteiger charge is 2.32. The summed E-state index contributed by atoms with van der Waals surface area (Å²) in [6.07, 6.45) is 8.23. The van der Waals surface area contributed by atoms with Gasteiger partial charge in [0.1, 0.15) is 0 Å². The molecule has 0 aromatic heterocycles. The van der Waals surface area contributed by atoms with Crippen molar-refractivity contribution in [2.75, 3.05) is 33.7 Å². The third kappa shape index (κ3) is 3.93. The number of nitrogens with zero attached hydrogens (tertiary/aromatic N) is 2. The van der Waals surface area contributed by atoms with Gasteiger partial charge in [0.25, 0.3) is 0 Å². The average molecular weight is 267 g/mol. The lowest BCUT2D eigenvalue weighted by Crippen LogP contribution is -2.52. The quantitative estimate of drug-likeness (QED) is 0.847. The Hall–Kier alpha value is -0.120. The van der Waals surface area contributed by atoms with Gasteiger partial charge in [-0.15, -0.1) is 0 Å². The first-order valence-corrected chi connectivity index (χ1v) is 8.22. The summed E-state index contributed by atoms with van der Waals surface area (Å²) in [5.74, 6) is 1.73. The normalized spacial score (nSPS) is 32.7. The Morgan fingerprint density at radius 3 is 2.47 bits per heavy atom.